The zero-order valence-corrected chi connectivity index (χ0v) is 15.6. The number of aryl methyl sites for hydroxylation is 1. The number of benzene rings is 2. The normalized spacial score (nSPS) is 11.0. The summed E-state index contributed by atoms with van der Waals surface area (Å²) in [5.74, 6) is -0.0787. The molecule has 2 aromatic heterocycles. The number of nitrogens with one attached hydrogen (secondary N) is 1. The van der Waals surface area contributed by atoms with Crippen LogP contribution in [0.3, 0.4) is 0 Å². The lowest BCUT2D eigenvalue weighted by Gasteiger charge is -2.08. The lowest BCUT2D eigenvalue weighted by Crippen LogP contribution is -2.16. The molecule has 4 rings (SSSR count). The molecule has 4 aromatic rings. The minimum Gasteiger partial charge on any atom is -0.325 e. The average molecular weight is 382 g/mol. The van der Waals surface area contributed by atoms with E-state index in [9.17, 15) is 4.79 Å². The molecule has 0 saturated carbocycles. The Balaban J connectivity index is 1.56. The Labute approximate surface area is 160 Å². The molecule has 0 aliphatic carbocycles. The van der Waals surface area contributed by atoms with Gasteiger partial charge in [0.15, 0.2) is 4.96 Å². The number of hydrogen-bond acceptors (Lipinski definition) is 3. The van der Waals surface area contributed by atoms with Crippen molar-refractivity contribution in [2.75, 3.05) is 5.32 Å². The third kappa shape index (κ3) is 3.36. The highest BCUT2D eigenvalue weighted by Gasteiger charge is 2.13. The van der Waals surface area contributed by atoms with Gasteiger partial charge in [-0.25, -0.2) is 4.98 Å². The highest BCUT2D eigenvalue weighted by molar-refractivity contribution is 7.15. The number of rotatable bonds is 4. The molecule has 0 radical (unpaired) electrons. The predicted molar refractivity (Wildman–Crippen MR) is 107 cm³/mol. The molecule has 130 valence electrons. The van der Waals surface area contributed by atoms with Gasteiger partial charge in [-0.15, -0.1) is 11.3 Å². The minimum absolute atomic E-state index is 0.0787. The summed E-state index contributed by atoms with van der Waals surface area (Å²) < 4.78 is 1.98. The Hall–Kier alpha value is -2.63. The highest BCUT2D eigenvalue weighted by atomic mass is 35.5. The molecule has 1 amide bonds. The molecule has 26 heavy (non-hydrogen) atoms. The molecule has 4 nitrogen and oxygen atoms in total. The van der Waals surface area contributed by atoms with Crippen LogP contribution in [0.1, 0.15) is 11.3 Å². The molecular formula is C20H16ClN3OS. The maximum Gasteiger partial charge on any atom is 0.230 e. The number of aromatic nitrogens is 2. The van der Waals surface area contributed by atoms with Gasteiger partial charge in [0.2, 0.25) is 5.91 Å². The van der Waals surface area contributed by atoms with Crippen molar-refractivity contribution < 1.29 is 4.79 Å². The van der Waals surface area contributed by atoms with Crippen LogP contribution in [0, 0.1) is 6.92 Å². The second kappa shape index (κ2) is 6.94. The average Bonchev–Trinajstić information content (AvgIpc) is 3.21. The topological polar surface area (TPSA) is 46.4 Å². The van der Waals surface area contributed by atoms with Gasteiger partial charge in [-0.3, -0.25) is 9.20 Å². The van der Waals surface area contributed by atoms with E-state index in [2.05, 4.69) is 10.3 Å². The van der Waals surface area contributed by atoms with Crippen molar-refractivity contribution in [1.29, 1.82) is 0 Å². The molecule has 0 aliphatic heterocycles. The number of hydrogen-bond donors (Lipinski definition) is 1. The lowest BCUT2D eigenvalue weighted by atomic mass is 10.2. The van der Waals surface area contributed by atoms with Crippen LogP contribution in [0.25, 0.3) is 16.2 Å². The second-order valence-corrected chi connectivity index (χ2v) is 7.33. The number of nitrogens with zero attached hydrogens (tertiary/aromatic N) is 2. The Bertz CT molecular complexity index is 1090. The van der Waals surface area contributed by atoms with Crippen molar-refractivity contribution in [2.24, 2.45) is 0 Å². The molecule has 0 aliphatic rings. The SMILES string of the molecule is Cc1ccc(Cl)cc1NC(=O)Cc1csc2nc(-c3ccccc3)cn12. The summed E-state index contributed by atoms with van der Waals surface area (Å²) in [6, 6.07) is 15.5. The van der Waals surface area contributed by atoms with Crippen LogP contribution in [0.4, 0.5) is 5.69 Å². The monoisotopic (exact) mass is 381 g/mol. The maximum absolute atomic E-state index is 12.5. The summed E-state index contributed by atoms with van der Waals surface area (Å²) in [6.45, 7) is 1.94. The summed E-state index contributed by atoms with van der Waals surface area (Å²) in [4.78, 5) is 18.0. The fourth-order valence-electron chi connectivity index (χ4n) is 2.79. The van der Waals surface area contributed by atoms with Gasteiger partial charge in [0, 0.05) is 33.5 Å². The number of fused-ring (bicyclic) bond motifs is 1. The van der Waals surface area contributed by atoms with Gasteiger partial charge >= 0.3 is 0 Å². The van der Waals surface area contributed by atoms with Crippen LogP contribution in [0.2, 0.25) is 5.02 Å². The Morgan fingerprint density at radius 3 is 2.85 bits per heavy atom. The fourth-order valence-corrected chi connectivity index (χ4v) is 3.84. The van der Waals surface area contributed by atoms with Crippen molar-refractivity contribution in [3.63, 3.8) is 0 Å². The number of halogens is 1. The molecule has 2 aromatic carbocycles. The van der Waals surface area contributed by atoms with E-state index >= 15 is 0 Å². The van der Waals surface area contributed by atoms with E-state index in [1.807, 2.05) is 65.4 Å². The molecule has 0 bridgehead atoms. The van der Waals surface area contributed by atoms with Gasteiger partial charge in [0.25, 0.3) is 0 Å². The molecule has 6 heteroatoms. The Kier molecular flexibility index (Phi) is 4.49. The van der Waals surface area contributed by atoms with Crippen molar-refractivity contribution in [1.82, 2.24) is 9.38 Å². The van der Waals surface area contributed by atoms with Gasteiger partial charge in [0.1, 0.15) is 0 Å². The van der Waals surface area contributed by atoms with Gasteiger partial charge in [-0.2, -0.15) is 0 Å². The third-order valence-corrected chi connectivity index (χ3v) is 5.29. The summed E-state index contributed by atoms with van der Waals surface area (Å²) >= 11 is 7.55. The van der Waals surface area contributed by atoms with E-state index in [4.69, 9.17) is 11.6 Å². The quantitative estimate of drug-likeness (QED) is 0.527. The smallest absolute Gasteiger partial charge is 0.230 e. The Morgan fingerprint density at radius 2 is 2.04 bits per heavy atom. The van der Waals surface area contributed by atoms with Gasteiger partial charge in [-0.1, -0.05) is 48.0 Å². The van der Waals surface area contributed by atoms with Crippen LogP contribution in [-0.2, 0) is 11.2 Å². The highest BCUT2D eigenvalue weighted by Crippen LogP contribution is 2.24. The van der Waals surface area contributed by atoms with Crippen molar-refractivity contribution in [3.05, 3.63) is 76.4 Å². The third-order valence-electron chi connectivity index (χ3n) is 4.17. The molecule has 2 heterocycles. The number of imidazole rings is 1. The van der Waals surface area contributed by atoms with Gasteiger partial charge in [-0.05, 0) is 24.6 Å². The maximum atomic E-state index is 12.5. The van der Waals surface area contributed by atoms with E-state index in [1.165, 1.54) is 11.3 Å². The fraction of sp³-hybridized carbons (Fsp3) is 0.100. The number of amides is 1. The second-order valence-electron chi connectivity index (χ2n) is 6.06. The van der Waals surface area contributed by atoms with E-state index in [0.29, 0.717) is 5.02 Å². The van der Waals surface area contributed by atoms with Crippen LogP contribution < -0.4 is 5.32 Å². The molecule has 0 atom stereocenters. The molecular weight excluding hydrogens is 366 g/mol. The zero-order chi connectivity index (χ0) is 18.1. The van der Waals surface area contributed by atoms with E-state index < -0.39 is 0 Å². The minimum atomic E-state index is -0.0787. The standard InChI is InChI=1S/C20H16ClN3OS/c1-13-7-8-15(21)9-17(13)22-19(25)10-16-12-26-20-23-18(11-24(16)20)14-5-3-2-4-6-14/h2-9,11-12H,10H2,1H3,(H,22,25). The van der Waals surface area contributed by atoms with Crippen LogP contribution >= 0.6 is 22.9 Å². The van der Waals surface area contributed by atoms with E-state index in [0.717, 1.165) is 33.2 Å². The van der Waals surface area contributed by atoms with E-state index in [1.54, 1.807) is 6.07 Å². The van der Waals surface area contributed by atoms with Gasteiger partial charge in [0.05, 0.1) is 12.1 Å². The first-order chi connectivity index (χ1) is 12.6. The summed E-state index contributed by atoms with van der Waals surface area (Å²) in [5.41, 5.74) is 4.60. The predicted octanol–water partition coefficient (Wildman–Crippen LogP) is 5.21. The molecule has 0 saturated heterocycles. The molecule has 0 spiro atoms. The summed E-state index contributed by atoms with van der Waals surface area (Å²) in [6.07, 6.45) is 2.25. The number of anilines is 1. The Morgan fingerprint density at radius 1 is 1.23 bits per heavy atom. The first-order valence-electron chi connectivity index (χ1n) is 8.17. The van der Waals surface area contributed by atoms with Crippen LogP contribution in [-0.4, -0.2) is 15.3 Å². The lowest BCUT2D eigenvalue weighted by molar-refractivity contribution is -0.115. The molecule has 1 N–H and O–H groups in total. The first kappa shape index (κ1) is 16.8. The van der Waals surface area contributed by atoms with E-state index in [-0.39, 0.29) is 12.3 Å². The largest absolute Gasteiger partial charge is 0.325 e. The number of carbonyl (C=O) groups is 1. The van der Waals surface area contributed by atoms with Crippen molar-refractivity contribution in [2.45, 2.75) is 13.3 Å². The molecule has 0 fully saturated rings. The van der Waals surface area contributed by atoms with Crippen molar-refractivity contribution in [3.8, 4) is 11.3 Å². The van der Waals surface area contributed by atoms with Gasteiger partial charge < -0.3 is 5.32 Å². The zero-order valence-electron chi connectivity index (χ0n) is 14.1. The summed E-state index contributed by atoms with van der Waals surface area (Å²) in [7, 11) is 0. The van der Waals surface area contributed by atoms with Crippen LogP contribution in [0.15, 0.2) is 60.1 Å². The molecule has 0 unspecified atom stereocenters. The van der Waals surface area contributed by atoms with Crippen molar-refractivity contribution >= 4 is 39.5 Å². The van der Waals surface area contributed by atoms with Crippen LogP contribution in [0.5, 0.6) is 0 Å². The first-order valence-corrected chi connectivity index (χ1v) is 9.43. The number of thiazole rings is 1. The summed E-state index contributed by atoms with van der Waals surface area (Å²) in [5, 5.41) is 5.52. The number of carbonyl (C=O) groups excluding carboxylic acids is 1.